The second-order valence-corrected chi connectivity index (χ2v) is 2.21. The normalized spacial score (nSPS) is 12.4. The second-order valence-electron chi connectivity index (χ2n) is 1.37. The van der Waals surface area contributed by atoms with Crippen LogP contribution >= 0.6 is 8.20 Å². The van der Waals surface area contributed by atoms with Gasteiger partial charge in [-0.15, -0.1) is 0 Å². The van der Waals surface area contributed by atoms with E-state index in [2.05, 4.69) is 16.8 Å². The van der Waals surface area contributed by atoms with Gasteiger partial charge in [-0.2, -0.15) is 0 Å². The summed E-state index contributed by atoms with van der Waals surface area (Å²) in [6, 6.07) is 0. The van der Waals surface area contributed by atoms with E-state index in [9.17, 15) is 9.59 Å². The SMILES string of the molecule is C=PC(OC(N)=O)C(N)=O. The van der Waals surface area contributed by atoms with Crippen molar-refractivity contribution in [1.82, 2.24) is 0 Å². The highest BCUT2D eigenvalue weighted by atomic mass is 31.1. The molecule has 1 unspecified atom stereocenters. The summed E-state index contributed by atoms with van der Waals surface area (Å²) in [6.45, 7) is 0. The molecule has 0 saturated heterocycles. The molecule has 2 amide bonds. The fraction of sp³-hybridized carbons (Fsp3) is 0.250. The zero-order chi connectivity index (χ0) is 8.15. The molecule has 6 heteroatoms. The third-order valence-corrected chi connectivity index (χ3v) is 1.33. The van der Waals surface area contributed by atoms with Gasteiger partial charge in [-0.3, -0.25) is 4.79 Å². The molecule has 0 aliphatic carbocycles. The van der Waals surface area contributed by atoms with Crippen molar-refractivity contribution in [3.63, 3.8) is 0 Å². The fourth-order valence-electron chi connectivity index (χ4n) is 0.295. The van der Waals surface area contributed by atoms with Crippen LogP contribution < -0.4 is 11.5 Å². The van der Waals surface area contributed by atoms with Gasteiger partial charge in [0.05, 0.1) is 0 Å². The van der Waals surface area contributed by atoms with Crippen LogP contribution in [0.15, 0.2) is 0 Å². The number of hydrogen-bond acceptors (Lipinski definition) is 3. The van der Waals surface area contributed by atoms with Crippen LogP contribution in [0, 0.1) is 0 Å². The second kappa shape index (κ2) is 3.85. The molecular formula is C4H7N2O3P. The quantitative estimate of drug-likeness (QED) is 0.535. The Morgan fingerprint density at radius 3 is 2.10 bits per heavy atom. The lowest BCUT2D eigenvalue weighted by atomic mass is 10.7. The van der Waals surface area contributed by atoms with Gasteiger partial charge < -0.3 is 16.2 Å². The van der Waals surface area contributed by atoms with Gasteiger partial charge in [-0.05, 0) is 0 Å². The summed E-state index contributed by atoms with van der Waals surface area (Å²) in [5.74, 6) is -1.78. The van der Waals surface area contributed by atoms with Gasteiger partial charge in [0.2, 0.25) is 5.85 Å². The molecule has 0 fully saturated rings. The van der Waals surface area contributed by atoms with Crippen molar-refractivity contribution in [1.29, 1.82) is 0 Å². The Bertz CT molecular complexity index is 170. The van der Waals surface area contributed by atoms with E-state index in [1.54, 1.807) is 0 Å². The molecule has 0 aromatic carbocycles. The molecule has 0 aliphatic heterocycles. The Balaban J connectivity index is 3.96. The van der Waals surface area contributed by atoms with E-state index >= 15 is 0 Å². The summed E-state index contributed by atoms with van der Waals surface area (Å²) >= 11 is 0. The predicted octanol–water partition coefficient (Wildman–Crippen LogP) is -0.729. The molecule has 56 valence electrons. The molecule has 0 bridgehead atoms. The zero-order valence-corrected chi connectivity index (χ0v) is 6.01. The summed E-state index contributed by atoms with van der Waals surface area (Å²) in [7, 11) is 0.317. The van der Waals surface area contributed by atoms with Crippen molar-refractivity contribution in [2.75, 3.05) is 0 Å². The van der Waals surface area contributed by atoms with Crippen LogP contribution in [-0.2, 0) is 9.53 Å². The molecule has 1 atom stereocenters. The lowest BCUT2D eigenvalue weighted by molar-refractivity contribution is -0.122. The molecule has 0 saturated carbocycles. The highest BCUT2D eigenvalue weighted by Gasteiger charge is 2.14. The number of rotatable bonds is 3. The van der Waals surface area contributed by atoms with Crippen LogP contribution in [0.4, 0.5) is 4.79 Å². The standard InChI is InChI=1S/C4H7N2O3P/c1-10-3(2(5)7)9-4(6)8/h3H,1H2,(H2,5,7)(H2,6,8). The van der Waals surface area contributed by atoms with Gasteiger partial charge in [-0.25, -0.2) is 4.79 Å². The predicted molar refractivity (Wildman–Crippen MR) is 37.7 cm³/mol. The molecule has 0 aliphatic rings. The Hall–Kier alpha value is -1.09. The van der Waals surface area contributed by atoms with Gasteiger partial charge in [0.25, 0.3) is 5.91 Å². The number of carbonyl (C=O) groups excluding carboxylic acids is 2. The van der Waals surface area contributed by atoms with E-state index < -0.39 is 17.8 Å². The summed E-state index contributed by atoms with van der Waals surface area (Å²) in [6.07, 6.45) is 2.27. The lowest BCUT2D eigenvalue weighted by Crippen LogP contribution is -2.30. The van der Waals surface area contributed by atoms with E-state index in [4.69, 9.17) is 5.73 Å². The van der Waals surface area contributed by atoms with Crippen LogP contribution in [0.5, 0.6) is 0 Å². The minimum absolute atomic E-state index is 0.317. The maximum Gasteiger partial charge on any atom is 0.405 e. The summed E-state index contributed by atoms with van der Waals surface area (Å²) in [5.41, 5.74) is 9.38. The van der Waals surface area contributed by atoms with Crippen molar-refractivity contribution >= 4 is 26.5 Å². The van der Waals surface area contributed by atoms with Crippen molar-refractivity contribution in [3.05, 3.63) is 0 Å². The Morgan fingerprint density at radius 1 is 1.50 bits per heavy atom. The monoisotopic (exact) mass is 162 g/mol. The summed E-state index contributed by atoms with van der Waals surface area (Å²) in [4.78, 5) is 20.3. The number of nitrogens with two attached hydrogens (primary N) is 2. The maximum atomic E-state index is 10.3. The molecule has 0 aromatic heterocycles. The number of amides is 2. The Morgan fingerprint density at radius 2 is 2.00 bits per heavy atom. The van der Waals surface area contributed by atoms with Gasteiger partial charge in [0.1, 0.15) is 0 Å². The molecule has 0 spiro atoms. The van der Waals surface area contributed by atoms with Gasteiger partial charge >= 0.3 is 6.09 Å². The maximum absolute atomic E-state index is 10.3. The Kier molecular flexibility index (Phi) is 3.43. The third-order valence-electron chi connectivity index (χ3n) is 0.637. The van der Waals surface area contributed by atoms with Crippen LogP contribution in [0.25, 0.3) is 0 Å². The minimum atomic E-state index is -1.03. The zero-order valence-electron chi connectivity index (χ0n) is 5.11. The number of primary amides is 2. The number of carbonyl (C=O) groups is 2. The average molecular weight is 162 g/mol. The first-order chi connectivity index (χ1) is 4.57. The molecule has 0 radical (unpaired) electrons. The van der Waals surface area contributed by atoms with Crippen molar-refractivity contribution in [2.24, 2.45) is 11.5 Å². The smallest absolute Gasteiger partial charge is 0.405 e. The molecule has 0 heterocycles. The van der Waals surface area contributed by atoms with E-state index in [0.717, 1.165) is 0 Å². The van der Waals surface area contributed by atoms with E-state index in [-0.39, 0.29) is 0 Å². The molecule has 4 N–H and O–H groups in total. The molecule has 5 nitrogen and oxygen atoms in total. The fourth-order valence-corrected chi connectivity index (χ4v) is 0.654. The highest BCUT2D eigenvalue weighted by molar-refractivity contribution is 7.38. The Labute approximate surface area is 59.1 Å². The van der Waals surface area contributed by atoms with E-state index in [0.29, 0.717) is 8.20 Å². The largest absolute Gasteiger partial charge is 0.427 e. The molecular weight excluding hydrogens is 155 g/mol. The summed E-state index contributed by atoms with van der Waals surface area (Å²) < 4.78 is 4.25. The van der Waals surface area contributed by atoms with Crippen LogP contribution in [0.1, 0.15) is 0 Å². The van der Waals surface area contributed by atoms with Crippen LogP contribution in [-0.4, -0.2) is 24.1 Å². The average Bonchev–Trinajstić information content (AvgIpc) is 1.81. The molecule has 10 heavy (non-hydrogen) atoms. The highest BCUT2D eigenvalue weighted by Crippen LogP contribution is 2.05. The number of hydrogen-bond donors (Lipinski definition) is 2. The van der Waals surface area contributed by atoms with Gasteiger partial charge in [0, 0.05) is 0 Å². The topological polar surface area (TPSA) is 95.4 Å². The minimum Gasteiger partial charge on any atom is -0.427 e. The third kappa shape index (κ3) is 3.04. The van der Waals surface area contributed by atoms with Gasteiger partial charge in [0.15, 0.2) is 0 Å². The molecule has 0 rings (SSSR count). The molecule has 0 aromatic rings. The van der Waals surface area contributed by atoms with Crippen molar-refractivity contribution in [2.45, 2.75) is 5.85 Å². The lowest BCUT2D eigenvalue weighted by Gasteiger charge is -2.05. The van der Waals surface area contributed by atoms with Crippen molar-refractivity contribution in [3.8, 4) is 0 Å². The van der Waals surface area contributed by atoms with Crippen molar-refractivity contribution < 1.29 is 14.3 Å². The first-order valence-electron chi connectivity index (χ1n) is 2.29. The first kappa shape index (κ1) is 8.91. The van der Waals surface area contributed by atoms with E-state index in [1.165, 1.54) is 0 Å². The number of ether oxygens (including phenoxy) is 1. The van der Waals surface area contributed by atoms with E-state index in [1.807, 2.05) is 0 Å². The van der Waals surface area contributed by atoms with Crippen LogP contribution in [0.3, 0.4) is 0 Å². The summed E-state index contributed by atoms with van der Waals surface area (Å²) in [5, 5.41) is 0. The van der Waals surface area contributed by atoms with Crippen LogP contribution in [0.2, 0.25) is 0 Å². The van der Waals surface area contributed by atoms with Gasteiger partial charge in [-0.1, -0.05) is 14.5 Å². The first-order valence-corrected chi connectivity index (χ1v) is 3.44.